The first-order valence-electron chi connectivity index (χ1n) is 6.69. The number of pyridine rings is 1. The molecule has 0 bridgehead atoms. The molecule has 0 aromatic carbocycles. The monoisotopic (exact) mass is 336 g/mol. The Balaban J connectivity index is 1.75. The van der Waals surface area contributed by atoms with Crippen molar-refractivity contribution in [2.75, 3.05) is 0 Å². The summed E-state index contributed by atoms with van der Waals surface area (Å²) in [6.45, 7) is 2.35. The van der Waals surface area contributed by atoms with Crippen molar-refractivity contribution in [2.24, 2.45) is 7.05 Å². The number of fused-ring (bicyclic) bond motifs is 1. The van der Waals surface area contributed by atoms with Crippen molar-refractivity contribution in [3.63, 3.8) is 0 Å². The first kappa shape index (κ1) is 14.9. The molecule has 114 valence electrons. The molecule has 5 nitrogen and oxygen atoms in total. The quantitative estimate of drug-likeness (QED) is 0.798. The minimum Gasteiger partial charge on any atom is -0.345 e. The molecule has 0 saturated heterocycles. The van der Waals surface area contributed by atoms with E-state index in [9.17, 15) is 4.79 Å². The van der Waals surface area contributed by atoms with Crippen molar-refractivity contribution in [1.82, 2.24) is 19.3 Å². The Morgan fingerprint density at radius 3 is 2.82 bits per heavy atom. The van der Waals surface area contributed by atoms with E-state index >= 15 is 0 Å². The summed E-state index contributed by atoms with van der Waals surface area (Å²) in [5.41, 5.74) is 3.19. The van der Waals surface area contributed by atoms with Crippen LogP contribution in [0.25, 0.3) is 5.65 Å². The molecule has 0 aliphatic heterocycles. The molecular weight excluding hydrogens is 323 g/mol. The molecule has 1 N–H and O–H groups in total. The summed E-state index contributed by atoms with van der Waals surface area (Å²) in [6, 6.07) is 5.54. The maximum Gasteiger partial charge on any atom is 0.268 e. The largest absolute Gasteiger partial charge is 0.345 e. The van der Waals surface area contributed by atoms with E-state index in [4.69, 9.17) is 23.2 Å². The lowest BCUT2D eigenvalue weighted by atomic mass is 10.3. The first-order chi connectivity index (χ1) is 10.5. The van der Waals surface area contributed by atoms with Crippen LogP contribution in [-0.4, -0.2) is 19.9 Å². The van der Waals surface area contributed by atoms with Crippen LogP contribution >= 0.6 is 23.2 Å². The zero-order valence-corrected chi connectivity index (χ0v) is 13.6. The summed E-state index contributed by atoms with van der Waals surface area (Å²) in [5, 5.41) is 3.52. The lowest BCUT2D eigenvalue weighted by Gasteiger charge is -2.04. The average Bonchev–Trinajstić information content (AvgIpc) is 3.00. The predicted molar refractivity (Wildman–Crippen MR) is 86.5 cm³/mol. The molecule has 0 fully saturated rings. The van der Waals surface area contributed by atoms with Crippen molar-refractivity contribution >= 4 is 34.8 Å². The zero-order chi connectivity index (χ0) is 15.9. The molecule has 0 aliphatic rings. The van der Waals surface area contributed by atoms with E-state index in [-0.39, 0.29) is 5.91 Å². The van der Waals surface area contributed by atoms with Crippen molar-refractivity contribution in [2.45, 2.75) is 13.5 Å². The van der Waals surface area contributed by atoms with E-state index in [1.54, 1.807) is 17.7 Å². The van der Waals surface area contributed by atoms with Crippen LogP contribution in [0.15, 0.2) is 30.6 Å². The average molecular weight is 337 g/mol. The summed E-state index contributed by atoms with van der Waals surface area (Å²) < 4.78 is 3.47. The molecule has 0 radical (unpaired) electrons. The predicted octanol–water partition coefficient (Wildman–Crippen LogP) is 3.22. The first-order valence-corrected chi connectivity index (χ1v) is 7.44. The molecule has 3 aromatic heterocycles. The smallest absolute Gasteiger partial charge is 0.268 e. The van der Waals surface area contributed by atoms with Gasteiger partial charge in [0, 0.05) is 19.4 Å². The molecular formula is C15H14Cl2N4O. The highest BCUT2D eigenvalue weighted by Crippen LogP contribution is 2.25. The number of nitrogens with zero attached hydrogens (tertiary/aromatic N) is 3. The Morgan fingerprint density at radius 1 is 1.36 bits per heavy atom. The highest BCUT2D eigenvalue weighted by Gasteiger charge is 2.15. The summed E-state index contributed by atoms with van der Waals surface area (Å²) in [4.78, 5) is 16.7. The van der Waals surface area contributed by atoms with E-state index in [1.807, 2.05) is 35.9 Å². The van der Waals surface area contributed by atoms with Crippen LogP contribution in [0.4, 0.5) is 0 Å². The number of imidazole rings is 1. The van der Waals surface area contributed by atoms with Gasteiger partial charge in [0.1, 0.15) is 16.5 Å². The second-order valence-electron chi connectivity index (χ2n) is 5.11. The molecule has 0 saturated carbocycles. The number of aryl methyl sites for hydroxylation is 1. The highest BCUT2D eigenvalue weighted by molar-refractivity contribution is 6.41. The Kier molecular flexibility index (Phi) is 3.85. The van der Waals surface area contributed by atoms with Gasteiger partial charge in [0.05, 0.1) is 17.3 Å². The fraction of sp³-hybridized carbons (Fsp3) is 0.200. The Morgan fingerprint density at radius 2 is 2.14 bits per heavy atom. The Bertz CT molecular complexity index is 866. The van der Waals surface area contributed by atoms with Crippen LogP contribution in [0.5, 0.6) is 0 Å². The molecule has 0 atom stereocenters. The third kappa shape index (κ3) is 2.69. The van der Waals surface area contributed by atoms with Crippen LogP contribution < -0.4 is 5.32 Å². The summed E-state index contributed by atoms with van der Waals surface area (Å²) in [6.07, 6.45) is 3.83. The Hall–Kier alpha value is -1.98. The minimum atomic E-state index is -0.246. The van der Waals surface area contributed by atoms with Crippen LogP contribution in [0.3, 0.4) is 0 Å². The van der Waals surface area contributed by atoms with Crippen molar-refractivity contribution in [3.8, 4) is 0 Å². The highest BCUT2D eigenvalue weighted by atomic mass is 35.5. The van der Waals surface area contributed by atoms with Crippen LogP contribution in [-0.2, 0) is 13.6 Å². The number of halogens is 2. The van der Waals surface area contributed by atoms with Gasteiger partial charge in [-0.3, -0.25) is 4.79 Å². The lowest BCUT2D eigenvalue weighted by Crippen LogP contribution is -2.25. The van der Waals surface area contributed by atoms with E-state index < -0.39 is 0 Å². The van der Waals surface area contributed by atoms with Gasteiger partial charge in [-0.25, -0.2) is 4.98 Å². The number of amides is 1. The zero-order valence-electron chi connectivity index (χ0n) is 12.1. The fourth-order valence-corrected chi connectivity index (χ4v) is 2.62. The summed E-state index contributed by atoms with van der Waals surface area (Å²) >= 11 is 11.9. The number of hydrogen-bond acceptors (Lipinski definition) is 2. The van der Waals surface area contributed by atoms with Gasteiger partial charge >= 0.3 is 0 Å². The van der Waals surface area contributed by atoms with Gasteiger partial charge in [-0.05, 0) is 30.7 Å². The van der Waals surface area contributed by atoms with Crippen molar-refractivity contribution in [1.29, 1.82) is 0 Å². The van der Waals surface area contributed by atoms with Gasteiger partial charge in [0.2, 0.25) is 0 Å². The third-order valence-corrected chi connectivity index (χ3v) is 4.29. The minimum absolute atomic E-state index is 0.246. The molecule has 3 rings (SSSR count). The maximum atomic E-state index is 12.2. The maximum absolute atomic E-state index is 12.2. The van der Waals surface area contributed by atoms with Gasteiger partial charge < -0.3 is 14.3 Å². The molecule has 3 aromatic rings. The molecule has 22 heavy (non-hydrogen) atoms. The molecule has 0 aliphatic carbocycles. The number of aromatic nitrogens is 3. The van der Waals surface area contributed by atoms with E-state index in [2.05, 4.69) is 10.3 Å². The topological polar surface area (TPSA) is 51.3 Å². The molecule has 3 heterocycles. The fourth-order valence-electron chi connectivity index (χ4n) is 2.24. The number of carbonyl (C=O) groups excluding carboxylic acids is 1. The van der Waals surface area contributed by atoms with Crippen LogP contribution in [0, 0.1) is 6.92 Å². The molecule has 0 spiro atoms. The molecule has 1 amide bonds. The summed E-state index contributed by atoms with van der Waals surface area (Å²) in [7, 11) is 1.69. The van der Waals surface area contributed by atoms with Gasteiger partial charge in [-0.2, -0.15) is 0 Å². The molecule has 0 unspecified atom stereocenters. The van der Waals surface area contributed by atoms with E-state index in [1.165, 1.54) is 0 Å². The summed E-state index contributed by atoms with van der Waals surface area (Å²) in [5.74, 6) is -0.246. The third-order valence-electron chi connectivity index (χ3n) is 3.44. The van der Waals surface area contributed by atoms with E-state index in [0.717, 1.165) is 16.9 Å². The number of hydrogen-bond donors (Lipinski definition) is 1. The number of rotatable bonds is 3. The second kappa shape index (κ2) is 5.66. The van der Waals surface area contributed by atoms with Crippen LogP contribution in [0.1, 0.15) is 21.7 Å². The standard InChI is InChI=1S/C15H14Cl2N4O/c1-9-3-4-21-8-10(19-13(21)5-9)7-18-15(22)12-6-11(16)14(17)20(12)2/h3-6,8H,7H2,1-2H3,(H,18,22). The number of nitrogens with one attached hydrogen (secondary N) is 1. The van der Waals surface area contributed by atoms with Gasteiger partial charge in [0.25, 0.3) is 5.91 Å². The molecule has 7 heteroatoms. The number of carbonyl (C=O) groups is 1. The lowest BCUT2D eigenvalue weighted by molar-refractivity contribution is 0.0942. The van der Waals surface area contributed by atoms with Crippen molar-refractivity contribution < 1.29 is 4.79 Å². The SMILES string of the molecule is Cc1ccn2cc(CNC(=O)c3cc(Cl)c(Cl)n3C)nc2c1. The van der Waals surface area contributed by atoms with E-state index in [0.29, 0.717) is 22.4 Å². The Labute approximate surface area is 137 Å². The van der Waals surface area contributed by atoms with Gasteiger partial charge in [-0.15, -0.1) is 0 Å². The van der Waals surface area contributed by atoms with Gasteiger partial charge in [-0.1, -0.05) is 23.2 Å². The second-order valence-corrected chi connectivity index (χ2v) is 5.88. The normalized spacial score (nSPS) is 11.1. The van der Waals surface area contributed by atoms with Crippen molar-refractivity contribution in [3.05, 3.63) is 57.7 Å². The van der Waals surface area contributed by atoms with Gasteiger partial charge in [0.15, 0.2) is 0 Å². The van der Waals surface area contributed by atoms with Crippen LogP contribution in [0.2, 0.25) is 10.2 Å².